The fourth-order valence-corrected chi connectivity index (χ4v) is 0.998. The summed E-state index contributed by atoms with van der Waals surface area (Å²) >= 11 is 0. The Bertz CT molecular complexity index is 379. The Morgan fingerprint density at radius 2 is 1.77 bits per heavy atom. The molecule has 0 unspecified atom stereocenters. The molecule has 1 rings (SSSR count). The van der Waals surface area contributed by atoms with Crippen LogP contribution in [-0.4, -0.2) is 8.42 Å². The first kappa shape index (κ1) is 11.9. The zero-order valence-corrected chi connectivity index (χ0v) is 8.10. The highest BCUT2D eigenvalue weighted by Gasteiger charge is 1.89. The molecule has 0 heterocycles. The van der Waals surface area contributed by atoms with Crippen molar-refractivity contribution in [1.29, 1.82) is 0 Å². The summed E-state index contributed by atoms with van der Waals surface area (Å²) in [6.07, 6.45) is 0. The molecule has 13 heavy (non-hydrogen) atoms. The Labute approximate surface area is 83.0 Å². The predicted molar refractivity (Wildman–Crippen MR) is 52.5 cm³/mol. The highest BCUT2D eigenvalue weighted by atomic mass is 35.5. The maximum atomic E-state index is 10.1. The Morgan fingerprint density at radius 1 is 1.23 bits per heavy atom. The maximum absolute atomic E-state index is 10.1. The van der Waals surface area contributed by atoms with Gasteiger partial charge in [-0.15, -0.1) is 16.8 Å². The summed E-state index contributed by atoms with van der Waals surface area (Å²) in [6.45, 7) is 0. The second-order valence-electron chi connectivity index (χ2n) is 2.00. The molecular weight excluding hydrogens is 214 g/mol. The lowest BCUT2D eigenvalue weighted by molar-refractivity contribution is 0.622. The smallest absolute Gasteiger partial charge is 0.316 e. The zero-order chi connectivity index (χ0) is 8.97. The van der Waals surface area contributed by atoms with Crippen molar-refractivity contribution in [3.8, 4) is 0 Å². The molecule has 0 amide bonds. The van der Waals surface area contributed by atoms with Crippen molar-refractivity contribution in [3.63, 3.8) is 0 Å². The second-order valence-corrected chi connectivity index (χ2v) is 2.62. The van der Waals surface area contributed by atoms with Crippen molar-refractivity contribution >= 4 is 34.3 Å². The summed E-state index contributed by atoms with van der Waals surface area (Å²) in [6, 6.07) is 6.35. The minimum atomic E-state index is -2.40. The zero-order valence-electron chi connectivity index (χ0n) is 6.47. The minimum absolute atomic E-state index is 0. The summed E-state index contributed by atoms with van der Waals surface area (Å²) in [5.41, 5.74) is 3.49. The third-order valence-electron chi connectivity index (χ3n) is 1.21. The third-order valence-corrected chi connectivity index (χ3v) is 1.57. The van der Waals surface area contributed by atoms with Gasteiger partial charge in [0, 0.05) is 5.69 Å². The van der Waals surface area contributed by atoms with Crippen molar-refractivity contribution in [2.75, 3.05) is 5.43 Å². The van der Waals surface area contributed by atoms with Gasteiger partial charge in [-0.3, -0.25) is 5.84 Å². The number of hydrogen-bond donors (Lipinski definition) is 2. The fourth-order valence-electron chi connectivity index (χ4n) is 0.705. The summed E-state index contributed by atoms with van der Waals surface area (Å²) in [5.74, 6) is 5.10. The van der Waals surface area contributed by atoms with E-state index in [0.717, 1.165) is 0 Å². The van der Waals surface area contributed by atoms with Crippen molar-refractivity contribution in [2.45, 2.75) is 0 Å². The average Bonchev–Trinajstić information content (AvgIpc) is 2.05. The number of anilines is 1. The molecule has 0 aliphatic carbocycles. The van der Waals surface area contributed by atoms with E-state index in [9.17, 15) is 8.42 Å². The first-order chi connectivity index (χ1) is 5.72. The summed E-state index contributed by atoms with van der Waals surface area (Å²) in [5, 5.41) is 0. The SMILES string of the molecule is Cl.NNc1ccc(N=S(=O)=O)cc1. The van der Waals surface area contributed by atoms with E-state index >= 15 is 0 Å². The molecule has 0 aromatic heterocycles. The van der Waals surface area contributed by atoms with Crippen LogP contribution in [-0.2, 0) is 10.5 Å². The van der Waals surface area contributed by atoms with Crippen molar-refractivity contribution in [3.05, 3.63) is 24.3 Å². The summed E-state index contributed by atoms with van der Waals surface area (Å²) < 4.78 is 23.5. The van der Waals surface area contributed by atoms with E-state index < -0.39 is 10.5 Å². The van der Waals surface area contributed by atoms with E-state index in [-0.39, 0.29) is 12.4 Å². The van der Waals surface area contributed by atoms with E-state index in [0.29, 0.717) is 11.4 Å². The average molecular weight is 222 g/mol. The number of nitrogens with one attached hydrogen (secondary N) is 1. The van der Waals surface area contributed by atoms with E-state index in [1.807, 2.05) is 0 Å². The topological polar surface area (TPSA) is 84.5 Å². The Kier molecular flexibility index (Phi) is 5.05. The molecule has 0 atom stereocenters. The highest BCUT2D eigenvalue weighted by Crippen LogP contribution is 2.14. The first-order valence-electron chi connectivity index (χ1n) is 3.10. The number of hydrogen-bond acceptors (Lipinski definition) is 5. The van der Waals surface area contributed by atoms with Crippen molar-refractivity contribution in [1.82, 2.24) is 0 Å². The van der Waals surface area contributed by atoms with Crippen LogP contribution in [0.4, 0.5) is 11.4 Å². The Hall–Kier alpha value is -1.11. The van der Waals surface area contributed by atoms with Gasteiger partial charge < -0.3 is 5.43 Å². The number of nitrogens with zero attached hydrogens (tertiary/aromatic N) is 1. The van der Waals surface area contributed by atoms with E-state index in [1.165, 1.54) is 0 Å². The fraction of sp³-hybridized carbons (Fsp3) is 0. The van der Waals surface area contributed by atoms with Gasteiger partial charge in [0.1, 0.15) is 0 Å². The normalized spacial score (nSPS) is 8.38. The molecule has 1 aromatic rings. The largest absolute Gasteiger partial charge is 0.324 e. The molecule has 5 nitrogen and oxygen atoms in total. The van der Waals surface area contributed by atoms with Crippen LogP contribution in [0.3, 0.4) is 0 Å². The van der Waals surface area contributed by atoms with E-state index in [2.05, 4.69) is 9.79 Å². The Morgan fingerprint density at radius 3 is 2.15 bits per heavy atom. The predicted octanol–water partition coefficient (Wildman–Crippen LogP) is 1.09. The van der Waals surface area contributed by atoms with Crippen LogP contribution < -0.4 is 11.3 Å². The van der Waals surface area contributed by atoms with Crippen LogP contribution in [0.25, 0.3) is 0 Å². The molecule has 0 aliphatic heterocycles. The standard InChI is InChI=1S/C6H7N3O2S.ClH/c7-8-5-1-3-6(4-2-5)9-12(10)11;/h1-4,8H,7H2;1H. The summed E-state index contributed by atoms with van der Waals surface area (Å²) in [7, 11) is -2.40. The summed E-state index contributed by atoms with van der Waals surface area (Å²) in [4.78, 5) is 0. The van der Waals surface area contributed by atoms with Gasteiger partial charge in [0.25, 0.3) is 0 Å². The van der Waals surface area contributed by atoms with Crippen LogP contribution in [0.1, 0.15) is 0 Å². The quantitative estimate of drug-likeness (QED) is 0.578. The lowest BCUT2D eigenvalue weighted by atomic mass is 10.3. The molecule has 0 radical (unpaired) electrons. The van der Waals surface area contributed by atoms with Gasteiger partial charge in [0.15, 0.2) is 0 Å². The molecule has 0 saturated heterocycles. The van der Waals surface area contributed by atoms with Gasteiger partial charge >= 0.3 is 10.5 Å². The van der Waals surface area contributed by atoms with E-state index in [1.54, 1.807) is 24.3 Å². The molecular formula is C6H8ClN3O2S. The first-order valence-corrected chi connectivity index (χ1v) is 4.13. The third kappa shape index (κ3) is 3.88. The van der Waals surface area contributed by atoms with Gasteiger partial charge in [-0.05, 0) is 24.3 Å². The van der Waals surface area contributed by atoms with Gasteiger partial charge in [-0.1, -0.05) is 0 Å². The second kappa shape index (κ2) is 5.52. The lowest BCUT2D eigenvalue weighted by Gasteiger charge is -1.96. The van der Waals surface area contributed by atoms with Crippen LogP contribution in [0.2, 0.25) is 0 Å². The molecule has 0 aliphatic rings. The molecule has 0 spiro atoms. The molecule has 72 valence electrons. The van der Waals surface area contributed by atoms with Crippen LogP contribution in [0.5, 0.6) is 0 Å². The minimum Gasteiger partial charge on any atom is -0.324 e. The van der Waals surface area contributed by atoms with Gasteiger partial charge in [0.2, 0.25) is 0 Å². The van der Waals surface area contributed by atoms with Gasteiger partial charge in [0.05, 0.1) is 5.69 Å². The molecule has 0 saturated carbocycles. The highest BCUT2D eigenvalue weighted by molar-refractivity contribution is 7.61. The van der Waals surface area contributed by atoms with Crippen LogP contribution in [0.15, 0.2) is 28.6 Å². The molecule has 0 fully saturated rings. The van der Waals surface area contributed by atoms with Crippen molar-refractivity contribution in [2.24, 2.45) is 10.2 Å². The number of rotatable bonds is 2. The number of nitrogens with two attached hydrogens (primary N) is 1. The number of nitrogen functional groups attached to an aromatic ring is 1. The number of halogens is 1. The Balaban J connectivity index is 0.00000144. The molecule has 3 N–H and O–H groups in total. The van der Waals surface area contributed by atoms with Crippen LogP contribution in [0, 0.1) is 0 Å². The molecule has 1 aromatic carbocycles. The number of hydrazine groups is 1. The number of benzene rings is 1. The monoisotopic (exact) mass is 221 g/mol. The molecule has 0 bridgehead atoms. The van der Waals surface area contributed by atoms with E-state index in [4.69, 9.17) is 5.84 Å². The molecule has 7 heteroatoms. The van der Waals surface area contributed by atoms with Crippen LogP contribution >= 0.6 is 12.4 Å². The lowest BCUT2D eigenvalue weighted by Crippen LogP contribution is -2.05. The maximum Gasteiger partial charge on any atom is 0.316 e. The van der Waals surface area contributed by atoms with Gasteiger partial charge in [-0.25, -0.2) is 0 Å². The van der Waals surface area contributed by atoms with Crippen molar-refractivity contribution < 1.29 is 8.42 Å². The van der Waals surface area contributed by atoms with Gasteiger partial charge in [-0.2, -0.15) is 8.42 Å².